The fourth-order valence-corrected chi connectivity index (χ4v) is 1.04. The van der Waals surface area contributed by atoms with E-state index in [-0.39, 0.29) is 5.56 Å². The summed E-state index contributed by atoms with van der Waals surface area (Å²) < 4.78 is 48.6. The lowest BCUT2D eigenvalue weighted by atomic mass is 10.1. The standard InChI is InChI=1S/C10H6F4N2O/c11-8-2-1-6(4-15)3-7(8)9(17)16-5-10(12,13)14/h1-3H,5H2,(H,16,17). The van der Waals surface area contributed by atoms with E-state index in [9.17, 15) is 22.4 Å². The number of halogens is 4. The molecule has 0 radical (unpaired) electrons. The van der Waals surface area contributed by atoms with Gasteiger partial charge in [0.15, 0.2) is 0 Å². The fraction of sp³-hybridized carbons (Fsp3) is 0.200. The van der Waals surface area contributed by atoms with Crippen LogP contribution >= 0.6 is 0 Å². The van der Waals surface area contributed by atoms with Crippen LogP contribution in [0.25, 0.3) is 0 Å². The van der Waals surface area contributed by atoms with E-state index in [2.05, 4.69) is 0 Å². The first-order valence-corrected chi connectivity index (χ1v) is 4.38. The highest BCUT2D eigenvalue weighted by molar-refractivity contribution is 5.94. The zero-order chi connectivity index (χ0) is 13.1. The lowest BCUT2D eigenvalue weighted by Crippen LogP contribution is -2.34. The van der Waals surface area contributed by atoms with Crippen LogP contribution in [0.1, 0.15) is 15.9 Å². The Balaban J connectivity index is 2.86. The Morgan fingerprint density at radius 3 is 2.59 bits per heavy atom. The summed E-state index contributed by atoms with van der Waals surface area (Å²) in [6.07, 6.45) is -4.57. The Kier molecular flexibility index (Phi) is 3.68. The summed E-state index contributed by atoms with van der Waals surface area (Å²) in [6.45, 7) is -1.55. The SMILES string of the molecule is N#Cc1ccc(F)c(C(=O)NCC(F)(F)F)c1. The third kappa shape index (κ3) is 3.75. The van der Waals surface area contributed by atoms with Crippen molar-refractivity contribution in [1.29, 1.82) is 5.26 Å². The number of benzene rings is 1. The molecule has 17 heavy (non-hydrogen) atoms. The van der Waals surface area contributed by atoms with Crippen molar-refractivity contribution in [3.63, 3.8) is 0 Å². The van der Waals surface area contributed by atoms with E-state index in [0.29, 0.717) is 0 Å². The van der Waals surface area contributed by atoms with Crippen LogP contribution in [0.15, 0.2) is 18.2 Å². The van der Waals surface area contributed by atoms with Gasteiger partial charge in [-0.25, -0.2) is 4.39 Å². The van der Waals surface area contributed by atoms with Gasteiger partial charge in [0.2, 0.25) is 0 Å². The summed E-state index contributed by atoms with van der Waals surface area (Å²) in [5.41, 5.74) is -0.600. The molecule has 0 heterocycles. The molecule has 1 rings (SSSR count). The highest BCUT2D eigenvalue weighted by Crippen LogP contribution is 2.14. The summed E-state index contributed by atoms with van der Waals surface area (Å²) in [6, 6.07) is 4.51. The molecule has 0 aliphatic carbocycles. The van der Waals surface area contributed by atoms with E-state index < -0.39 is 30.0 Å². The van der Waals surface area contributed by atoms with E-state index in [4.69, 9.17) is 5.26 Å². The summed E-state index contributed by atoms with van der Waals surface area (Å²) >= 11 is 0. The maximum Gasteiger partial charge on any atom is 0.405 e. The molecule has 0 aliphatic rings. The normalized spacial score (nSPS) is 10.8. The van der Waals surface area contributed by atoms with Gasteiger partial charge in [0.25, 0.3) is 5.91 Å². The summed E-state index contributed by atoms with van der Waals surface area (Å²) in [5, 5.41) is 10.0. The molecule has 90 valence electrons. The minimum Gasteiger partial charge on any atom is -0.343 e. The molecule has 0 saturated carbocycles. The molecule has 0 bridgehead atoms. The van der Waals surface area contributed by atoms with E-state index in [0.717, 1.165) is 18.2 Å². The Labute approximate surface area is 93.7 Å². The third-order valence-electron chi connectivity index (χ3n) is 1.79. The van der Waals surface area contributed by atoms with Gasteiger partial charge >= 0.3 is 6.18 Å². The van der Waals surface area contributed by atoms with Gasteiger partial charge in [-0.15, -0.1) is 0 Å². The molecule has 3 nitrogen and oxygen atoms in total. The summed E-state index contributed by atoms with van der Waals surface area (Å²) in [5.74, 6) is -2.19. The highest BCUT2D eigenvalue weighted by Gasteiger charge is 2.28. The van der Waals surface area contributed by atoms with Gasteiger partial charge in [-0.2, -0.15) is 18.4 Å². The van der Waals surface area contributed by atoms with Crippen molar-refractivity contribution in [2.24, 2.45) is 0 Å². The Morgan fingerprint density at radius 2 is 2.06 bits per heavy atom. The van der Waals surface area contributed by atoms with Crippen molar-refractivity contribution in [3.8, 4) is 6.07 Å². The Hall–Kier alpha value is -2.10. The number of rotatable bonds is 2. The zero-order valence-electron chi connectivity index (χ0n) is 8.31. The van der Waals surface area contributed by atoms with Crippen molar-refractivity contribution in [1.82, 2.24) is 5.32 Å². The fourth-order valence-electron chi connectivity index (χ4n) is 1.04. The van der Waals surface area contributed by atoms with Crippen LogP contribution in [0.3, 0.4) is 0 Å². The number of nitriles is 1. The molecule has 1 amide bonds. The van der Waals surface area contributed by atoms with Gasteiger partial charge in [0, 0.05) is 0 Å². The number of nitrogens with zero attached hydrogens (tertiary/aromatic N) is 1. The monoisotopic (exact) mass is 246 g/mol. The number of carbonyl (C=O) groups excluding carboxylic acids is 1. The van der Waals surface area contributed by atoms with Gasteiger partial charge in [-0.3, -0.25) is 4.79 Å². The van der Waals surface area contributed by atoms with E-state index in [1.165, 1.54) is 5.32 Å². The largest absolute Gasteiger partial charge is 0.405 e. The number of alkyl halides is 3. The van der Waals surface area contributed by atoms with Crippen LogP contribution in [-0.2, 0) is 0 Å². The molecule has 7 heteroatoms. The average Bonchev–Trinajstić information content (AvgIpc) is 2.25. The molecular formula is C10H6F4N2O. The van der Waals surface area contributed by atoms with Gasteiger partial charge < -0.3 is 5.32 Å². The van der Waals surface area contributed by atoms with Crippen molar-refractivity contribution in [2.75, 3.05) is 6.54 Å². The number of carbonyl (C=O) groups is 1. The van der Waals surface area contributed by atoms with Crippen LogP contribution in [0.4, 0.5) is 17.6 Å². The minimum atomic E-state index is -4.57. The predicted molar refractivity (Wildman–Crippen MR) is 49.5 cm³/mol. The van der Waals surface area contributed by atoms with E-state index in [1.54, 1.807) is 6.07 Å². The molecular weight excluding hydrogens is 240 g/mol. The van der Waals surface area contributed by atoms with Crippen LogP contribution in [-0.4, -0.2) is 18.6 Å². The zero-order valence-corrected chi connectivity index (χ0v) is 8.31. The molecule has 0 fully saturated rings. The molecule has 1 N–H and O–H groups in total. The smallest absolute Gasteiger partial charge is 0.343 e. The van der Waals surface area contributed by atoms with Gasteiger partial charge in [-0.05, 0) is 18.2 Å². The quantitative estimate of drug-likeness (QED) is 0.811. The van der Waals surface area contributed by atoms with Crippen LogP contribution in [0.2, 0.25) is 0 Å². The lowest BCUT2D eigenvalue weighted by molar-refractivity contribution is -0.123. The van der Waals surface area contributed by atoms with Crippen molar-refractivity contribution in [2.45, 2.75) is 6.18 Å². The minimum absolute atomic E-state index is 0.0106. The molecule has 0 saturated heterocycles. The second-order valence-corrected chi connectivity index (χ2v) is 3.10. The molecule has 0 spiro atoms. The first-order chi connectivity index (χ1) is 7.83. The number of nitrogens with one attached hydrogen (secondary N) is 1. The third-order valence-corrected chi connectivity index (χ3v) is 1.79. The van der Waals surface area contributed by atoms with Crippen LogP contribution in [0.5, 0.6) is 0 Å². The number of hydrogen-bond donors (Lipinski definition) is 1. The first kappa shape index (κ1) is 13.0. The topological polar surface area (TPSA) is 52.9 Å². The molecule has 1 aromatic rings. The van der Waals surface area contributed by atoms with E-state index >= 15 is 0 Å². The summed E-state index contributed by atoms with van der Waals surface area (Å²) in [4.78, 5) is 11.2. The Bertz CT molecular complexity index is 476. The maximum absolute atomic E-state index is 13.1. The predicted octanol–water partition coefficient (Wildman–Crippen LogP) is 1.99. The molecule has 0 aliphatic heterocycles. The van der Waals surface area contributed by atoms with Crippen molar-refractivity contribution < 1.29 is 22.4 Å². The molecule has 0 atom stereocenters. The second-order valence-electron chi connectivity index (χ2n) is 3.10. The highest BCUT2D eigenvalue weighted by atomic mass is 19.4. The molecule has 1 aromatic carbocycles. The van der Waals surface area contributed by atoms with Crippen LogP contribution in [0, 0.1) is 17.1 Å². The first-order valence-electron chi connectivity index (χ1n) is 4.38. The summed E-state index contributed by atoms with van der Waals surface area (Å²) in [7, 11) is 0. The molecule has 0 aromatic heterocycles. The number of hydrogen-bond acceptors (Lipinski definition) is 2. The van der Waals surface area contributed by atoms with Crippen molar-refractivity contribution >= 4 is 5.91 Å². The van der Waals surface area contributed by atoms with Gasteiger partial charge in [0.05, 0.1) is 17.2 Å². The van der Waals surface area contributed by atoms with Gasteiger partial charge in [0.1, 0.15) is 12.4 Å². The second kappa shape index (κ2) is 4.82. The van der Waals surface area contributed by atoms with Crippen LogP contribution < -0.4 is 5.32 Å². The lowest BCUT2D eigenvalue weighted by Gasteiger charge is -2.08. The van der Waals surface area contributed by atoms with E-state index in [1.807, 2.05) is 0 Å². The maximum atomic E-state index is 13.1. The van der Waals surface area contributed by atoms with Gasteiger partial charge in [-0.1, -0.05) is 0 Å². The number of amides is 1. The van der Waals surface area contributed by atoms with Crippen molar-refractivity contribution in [3.05, 3.63) is 35.1 Å². The average molecular weight is 246 g/mol. The molecule has 0 unspecified atom stereocenters. The Morgan fingerprint density at radius 1 is 1.41 bits per heavy atom.